The van der Waals surface area contributed by atoms with Crippen molar-refractivity contribution in [3.63, 3.8) is 0 Å². The number of carbonyl (C=O) groups is 4. The summed E-state index contributed by atoms with van der Waals surface area (Å²) < 4.78 is 0. The number of Topliss-reactive ketones (excluding diaryl/α,β-unsaturated/α-hetero) is 1. The van der Waals surface area contributed by atoms with E-state index in [1.165, 1.54) is 0 Å². The third-order valence-corrected chi connectivity index (χ3v) is 7.31. The Morgan fingerprint density at radius 1 is 0.939 bits per heavy atom. The largest absolute Gasteiger partial charge is 0.307 e. The highest BCUT2D eigenvalue weighted by molar-refractivity contribution is 6.10. The lowest BCUT2D eigenvalue weighted by Crippen LogP contribution is -2.36. The minimum atomic E-state index is -0.316. The van der Waals surface area contributed by atoms with Crippen LogP contribution in [0, 0.1) is 11.8 Å². The number of rotatable bonds is 3. The number of ketones is 1. The maximum Gasteiger partial charge on any atom is 0.258 e. The molecule has 3 atom stereocenters. The molecule has 4 aliphatic rings. The van der Waals surface area contributed by atoms with Crippen LogP contribution in [0.4, 0.5) is 11.4 Å². The van der Waals surface area contributed by atoms with Gasteiger partial charge in [-0.05, 0) is 49.1 Å². The van der Waals surface area contributed by atoms with Gasteiger partial charge in [-0.15, -0.1) is 0 Å². The number of nitrogens with zero attached hydrogens (tertiary/aromatic N) is 2. The normalized spacial score (nSPS) is 25.3. The second kappa shape index (κ2) is 7.40. The van der Waals surface area contributed by atoms with Gasteiger partial charge in [-0.2, -0.15) is 5.01 Å². The molecule has 166 valence electrons. The molecule has 2 aromatic carbocycles. The van der Waals surface area contributed by atoms with E-state index in [9.17, 15) is 19.2 Å². The van der Waals surface area contributed by atoms with E-state index in [0.717, 1.165) is 28.2 Å². The Hall–Kier alpha value is -3.74. The van der Waals surface area contributed by atoms with E-state index in [4.69, 9.17) is 0 Å². The Kier molecular flexibility index (Phi) is 4.47. The second-order valence-electron chi connectivity index (χ2n) is 9.17. The van der Waals surface area contributed by atoms with E-state index in [-0.39, 0.29) is 41.3 Å². The molecule has 0 saturated carbocycles. The van der Waals surface area contributed by atoms with Crippen molar-refractivity contribution >= 4 is 34.9 Å². The van der Waals surface area contributed by atoms with Gasteiger partial charge >= 0.3 is 0 Å². The van der Waals surface area contributed by atoms with E-state index in [2.05, 4.69) is 5.43 Å². The van der Waals surface area contributed by atoms with Crippen LogP contribution < -0.4 is 10.3 Å². The van der Waals surface area contributed by atoms with Gasteiger partial charge in [-0.25, -0.2) is 0 Å². The fraction of sp³-hybridized carbons (Fsp3) is 0.308. The van der Waals surface area contributed by atoms with E-state index in [1.54, 1.807) is 29.2 Å². The molecule has 0 bridgehead atoms. The van der Waals surface area contributed by atoms with Crippen molar-refractivity contribution in [2.24, 2.45) is 11.8 Å². The quantitative estimate of drug-likeness (QED) is 0.580. The van der Waals surface area contributed by atoms with Crippen molar-refractivity contribution in [2.75, 3.05) is 16.9 Å². The highest BCUT2D eigenvalue weighted by Gasteiger charge is 2.47. The summed E-state index contributed by atoms with van der Waals surface area (Å²) in [7, 11) is 0. The van der Waals surface area contributed by atoms with E-state index in [0.29, 0.717) is 37.1 Å². The molecular formula is C26H23N3O4. The molecular weight excluding hydrogens is 418 g/mol. The summed E-state index contributed by atoms with van der Waals surface area (Å²) in [5, 5.41) is 1.10. The fourth-order valence-corrected chi connectivity index (χ4v) is 5.66. The van der Waals surface area contributed by atoms with Gasteiger partial charge < -0.3 is 4.90 Å². The molecule has 2 aliphatic carbocycles. The van der Waals surface area contributed by atoms with Gasteiger partial charge in [0.2, 0.25) is 0 Å². The maximum atomic E-state index is 13.5. The van der Waals surface area contributed by atoms with Gasteiger partial charge in [-0.1, -0.05) is 30.4 Å². The monoisotopic (exact) mass is 441 g/mol. The van der Waals surface area contributed by atoms with Gasteiger partial charge in [0, 0.05) is 35.7 Å². The average Bonchev–Trinajstić information content (AvgIpc) is 3.34. The SMILES string of the molecule is O=C1CCC2CN(C(=O)c3cccc(NN4C(=O)C5CC=CCC5C4=O)c3)c3cccc1c32. The summed E-state index contributed by atoms with van der Waals surface area (Å²) in [6, 6.07) is 12.5. The van der Waals surface area contributed by atoms with Crippen LogP contribution in [0.15, 0.2) is 54.6 Å². The lowest BCUT2D eigenvalue weighted by Gasteiger charge is -2.20. The molecule has 6 rings (SSSR count). The highest BCUT2D eigenvalue weighted by atomic mass is 16.2. The fourth-order valence-electron chi connectivity index (χ4n) is 5.66. The molecule has 0 spiro atoms. The summed E-state index contributed by atoms with van der Waals surface area (Å²) in [5.41, 5.74) is 6.43. The third-order valence-electron chi connectivity index (χ3n) is 7.31. The number of imide groups is 1. The number of fused-ring (bicyclic) bond motifs is 1. The summed E-state index contributed by atoms with van der Waals surface area (Å²) in [6.45, 7) is 0.551. The summed E-state index contributed by atoms with van der Waals surface area (Å²) in [5.74, 6) is -0.925. The first-order valence-electron chi connectivity index (χ1n) is 11.4. The lowest BCUT2D eigenvalue weighted by atomic mass is 9.83. The Bertz CT molecular complexity index is 1220. The number of benzene rings is 2. The smallest absolute Gasteiger partial charge is 0.258 e. The van der Waals surface area contributed by atoms with Gasteiger partial charge in [0.25, 0.3) is 17.7 Å². The van der Waals surface area contributed by atoms with Crippen molar-refractivity contribution in [1.29, 1.82) is 0 Å². The molecule has 1 fully saturated rings. The standard InChI is InChI=1S/C26H23N3O4/c30-22-12-11-16-14-28(21-10-4-9-20(22)23(16)21)24(31)15-5-3-6-17(13-15)27-29-25(32)18-7-1-2-8-19(18)26(29)33/h1-6,9-10,13,16,18-19,27H,7-8,11-12,14H2. The van der Waals surface area contributed by atoms with Gasteiger partial charge in [0.05, 0.1) is 17.5 Å². The molecule has 1 saturated heterocycles. The van der Waals surface area contributed by atoms with Crippen molar-refractivity contribution in [3.8, 4) is 0 Å². The minimum absolute atomic E-state index is 0.138. The lowest BCUT2D eigenvalue weighted by molar-refractivity contribution is -0.138. The highest BCUT2D eigenvalue weighted by Crippen LogP contribution is 2.45. The second-order valence-corrected chi connectivity index (χ2v) is 9.17. The number of hydrogen-bond donors (Lipinski definition) is 1. The van der Waals surface area contributed by atoms with Crippen molar-refractivity contribution in [2.45, 2.75) is 31.6 Å². The third kappa shape index (κ3) is 3.03. The van der Waals surface area contributed by atoms with Crippen molar-refractivity contribution in [1.82, 2.24) is 5.01 Å². The zero-order valence-electron chi connectivity index (χ0n) is 18.0. The number of allylic oxidation sites excluding steroid dienone is 2. The van der Waals surface area contributed by atoms with Crippen molar-refractivity contribution < 1.29 is 19.2 Å². The number of hydrazine groups is 1. The molecule has 33 heavy (non-hydrogen) atoms. The molecule has 3 amide bonds. The number of carbonyl (C=O) groups excluding carboxylic acids is 4. The van der Waals surface area contributed by atoms with Crippen LogP contribution in [0.5, 0.6) is 0 Å². The molecule has 2 heterocycles. The first-order valence-corrected chi connectivity index (χ1v) is 11.4. The van der Waals surface area contributed by atoms with E-state index >= 15 is 0 Å². The molecule has 0 aromatic heterocycles. The molecule has 2 aliphatic heterocycles. The number of hydrogen-bond acceptors (Lipinski definition) is 5. The van der Waals surface area contributed by atoms with Crippen LogP contribution in [-0.4, -0.2) is 35.1 Å². The van der Waals surface area contributed by atoms with Crippen LogP contribution in [-0.2, 0) is 9.59 Å². The molecule has 3 unspecified atom stereocenters. The summed E-state index contributed by atoms with van der Waals surface area (Å²) in [4.78, 5) is 53.1. The Balaban J connectivity index is 1.26. The van der Waals surface area contributed by atoms with Crippen LogP contribution in [0.3, 0.4) is 0 Å². The molecule has 0 radical (unpaired) electrons. The first-order chi connectivity index (χ1) is 16.0. The van der Waals surface area contributed by atoms with Crippen LogP contribution >= 0.6 is 0 Å². The maximum absolute atomic E-state index is 13.5. The zero-order valence-corrected chi connectivity index (χ0v) is 18.0. The number of anilines is 2. The van der Waals surface area contributed by atoms with Gasteiger partial charge in [-0.3, -0.25) is 24.6 Å². The van der Waals surface area contributed by atoms with Gasteiger partial charge in [0.15, 0.2) is 5.78 Å². The summed E-state index contributed by atoms with van der Waals surface area (Å²) in [6.07, 6.45) is 6.32. The minimum Gasteiger partial charge on any atom is -0.307 e. The van der Waals surface area contributed by atoms with Crippen LogP contribution in [0.1, 0.15) is 57.9 Å². The predicted octanol–water partition coefficient (Wildman–Crippen LogP) is 3.69. The number of nitrogens with one attached hydrogen (secondary N) is 1. The van der Waals surface area contributed by atoms with E-state index < -0.39 is 0 Å². The average molecular weight is 441 g/mol. The Morgan fingerprint density at radius 2 is 1.67 bits per heavy atom. The molecule has 7 nitrogen and oxygen atoms in total. The Labute approximate surface area is 191 Å². The molecule has 1 N–H and O–H groups in total. The number of amides is 3. The molecule has 2 aromatic rings. The van der Waals surface area contributed by atoms with Gasteiger partial charge in [0.1, 0.15) is 0 Å². The summed E-state index contributed by atoms with van der Waals surface area (Å²) >= 11 is 0. The first kappa shape index (κ1) is 19.9. The Morgan fingerprint density at radius 3 is 2.42 bits per heavy atom. The topological polar surface area (TPSA) is 86.8 Å². The van der Waals surface area contributed by atoms with Crippen LogP contribution in [0.25, 0.3) is 0 Å². The predicted molar refractivity (Wildman–Crippen MR) is 122 cm³/mol. The molecule has 7 heteroatoms. The van der Waals surface area contributed by atoms with Crippen molar-refractivity contribution in [3.05, 3.63) is 71.3 Å². The zero-order chi connectivity index (χ0) is 22.7. The van der Waals surface area contributed by atoms with Crippen LogP contribution in [0.2, 0.25) is 0 Å². The van der Waals surface area contributed by atoms with E-state index in [1.807, 2.05) is 30.4 Å².